The third-order valence-corrected chi connectivity index (χ3v) is 11.0. The van der Waals surface area contributed by atoms with Gasteiger partial charge in [-0.1, -0.05) is 13.8 Å². The molecule has 1 aromatic heterocycles. The summed E-state index contributed by atoms with van der Waals surface area (Å²) in [5.74, 6) is 3.18. The van der Waals surface area contributed by atoms with Crippen LogP contribution in [-0.4, -0.2) is 40.0 Å². The van der Waals surface area contributed by atoms with Crippen LogP contribution in [0.2, 0.25) is 0 Å². The van der Waals surface area contributed by atoms with Gasteiger partial charge in [-0.2, -0.15) is 10.4 Å². The number of hydrogen-bond donors (Lipinski definition) is 1. The second-order valence-electron chi connectivity index (χ2n) is 12.8. The molecule has 0 aliphatic heterocycles. The minimum atomic E-state index is -0.541. The van der Waals surface area contributed by atoms with Crippen molar-refractivity contribution in [1.29, 1.82) is 5.26 Å². The monoisotopic (exact) mass is 467 g/mol. The lowest BCUT2D eigenvalue weighted by Gasteiger charge is -2.64. The first-order chi connectivity index (χ1) is 16.1. The van der Waals surface area contributed by atoms with Gasteiger partial charge in [-0.25, -0.2) is 0 Å². The molecular formula is C28H41N3O3. The molecule has 0 spiro atoms. The molecule has 0 unspecified atom stereocenters. The average Bonchev–Trinajstić information content (AvgIpc) is 3.38. The standard InChI is InChI=1S/C28H41N3O3/c1-26(33)9-10-27(2)20(12-26)11-19(17-34-4)25-22-6-5-21(28(22,3)8-7-23(25)27)24(32)16-31-15-18(13-29)14-30-31/h14-15,19-23,25,33H,5-12,16-17H2,1-4H3/t19-,20-,21+,22-,23-,25-,26+,27-,28+/m0/s1. The number of methoxy groups -OCH3 is 1. The predicted octanol–water partition coefficient (Wildman–Crippen LogP) is 4.61. The summed E-state index contributed by atoms with van der Waals surface area (Å²) in [7, 11) is 1.82. The number of aliphatic hydroxyl groups is 1. The summed E-state index contributed by atoms with van der Waals surface area (Å²) in [6, 6.07) is 2.10. The van der Waals surface area contributed by atoms with Crippen LogP contribution in [0, 0.1) is 57.7 Å². The number of Topliss-reactive ketones (excluding diaryl/α,β-unsaturated/α-hetero) is 1. The third-order valence-electron chi connectivity index (χ3n) is 11.0. The molecule has 5 rings (SSSR count). The zero-order valence-electron chi connectivity index (χ0n) is 21.3. The van der Waals surface area contributed by atoms with Gasteiger partial charge in [0.15, 0.2) is 5.78 Å². The Hall–Kier alpha value is -1.71. The topological polar surface area (TPSA) is 88.1 Å². The van der Waals surface area contributed by atoms with E-state index < -0.39 is 5.60 Å². The summed E-state index contributed by atoms with van der Waals surface area (Å²) < 4.78 is 7.41. The van der Waals surface area contributed by atoms with Crippen molar-refractivity contribution in [2.45, 2.75) is 84.3 Å². The molecule has 4 aliphatic rings. The molecular weight excluding hydrogens is 426 g/mol. The number of hydrogen-bond acceptors (Lipinski definition) is 5. The molecule has 0 saturated heterocycles. The quantitative estimate of drug-likeness (QED) is 0.683. The highest BCUT2D eigenvalue weighted by atomic mass is 16.5. The number of aromatic nitrogens is 2. The van der Waals surface area contributed by atoms with E-state index in [4.69, 9.17) is 10.00 Å². The van der Waals surface area contributed by atoms with Gasteiger partial charge in [-0.05, 0) is 98.7 Å². The van der Waals surface area contributed by atoms with E-state index >= 15 is 0 Å². The first-order valence-corrected chi connectivity index (χ1v) is 13.3. The molecule has 0 radical (unpaired) electrons. The number of nitrogens with zero attached hydrogens (tertiary/aromatic N) is 3. The van der Waals surface area contributed by atoms with Crippen molar-refractivity contribution < 1.29 is 14.6 Å². The first-order valence-electron chi connectivity index (χ1n) is 13.3. The SMILES string of the molecule is COC[C@@H]1C[C@H]2C[C@](C)(O)CC[C@]2(C)[C@H]2CC[C@]3(C)[C@@H](C(=O)Cn4cc(C#N)cn4)CC[C@H]3[C@H]12. The van der Waals surface area contributed by atoms with Gasteiger partial charge in [0.25, 0.3) is 0 Å². The number of fused-ring (bicyclic) bond motifs is 5. The minimum absolute atomic E-state index is 0.0266. The van der Waals surface area contributed by atoms with Crippen LogP contribution in [0.4, 0.5) is 0 Å². The molecule has 4 aliphatic carbocycles. The first kappa shape index (κ1) is 24.0. The van der Waals surface area contributed by atoms with Crippen molar-refractivity contribution in [1.82, 2.24) is 9.78 Å². The van der Waals surface area contributed by atoms with Crippen molar-refractivity contribution in [2.24, 2.45) is 46.3 Å². The Bertz CT molecular complexity index is 980. The second-order valence-corrected chi connectivity index (χ2v) is 12.8. The molecule has 1 N–H and O–H groups in total. The van der Waals surface area contributed by atoms with E-state index in [9.17, 15) is 9.90 Å². The van der Waals surface area contributed by atoms with Crippen molar-refractivity contribution in [3.63, 3.8) is 0 Å². The molecule has 0 bridgehead atoms. The van der Waals surface area contributed by atoms with Crippen LogP contribution in [0.25, 0.3) is 0 Å². The molecule has 1 heterocycles. The Morgan fingerprint density at radius 1 is 1.21 bits per heavy atom. The van der Waals surface area contributed by atoms with Gasteiger partial charge >= 0.3 is 0 Å². The summed E-state index contributed by atoms with van der Waals surface area (Å²) in [6.07, 6.45) is 11.6. The number of ketones is 1. The normalized spacial score (nSPS) is 45.6. The fourth-order valence-corrected chi connectivity index (χ4v) is 9.29. The molecule has 1 aromatic rings. The molecule has 186 valence electrons. The van der Waals surface area contributed by atoms with E-state index in [0.29, 0.717) is 35.2 Å². The van der Waals surface area contributed by atoms with Gasteiger partial charge in [0, 0.05) is 25.8 Å². The molecule has 4 fully saturated rings. The highest BCUT2D eigenvalue weighted by molar-refractivity contribution is 5.82. The lowest BCUT2D eigenvalue weighted by Crippen LogP contribution is -2.59. The van der Waals surface area contributed by atoms with Crippen LogP contribution in [0.1, 0.15) is 77.7 Å². The number of ether oxygens (including phenoxy) is 1. The van der Waals surface area contributed by atoms with Crippen molar-refractivity contribution in [3.8, 4) is 6.07 Å². The smallest absolute Gasteiger partial charge is 0.157 e. The lowest BCUT2D eigenvalue weighted by atomic mass is 9.42. The number of carbonyl (C=O) groups excluding carboxylic acids is 1. The third kappa shape index (κ3) is 3.75. The predicted molar refractivity (Wildman–Crippen MR) is 129 cm³/mol. The molecule has 34 heavy (non-hydrogen) atoms. The summed E-state index contributed by atoms with van der Waals surface area (Å²) in [6.45, 7) is 7.97. The van der Waals surface area contributed by atoms with Crippen molar-refractivity contribution in [2.75, 3.05) is 13.7 Å². The van der Waals surface area contributed by atoms with E-state index in [2.05, 4.69) is 25.0 Å². The van der Waals surface area contributed by atoms with E-state index in [0.717, 1.165) is 51.6 Å². The zero-order valence-corrected chi connectivity index (χ0v) is 21.3. The van der Waals surface area contributed by atoms with Gasteiger partial charge in [0.1, 0.15) is 6.07 Å². The van der Waals surface area contributed by atoms with E-state index in [1.807, 2.05) is 14.0 Å². The molecule has 9 atom stereocenters. The summed E-state index contributed by atoms with van der Waals surface area (Å²) in [4.78, 5) is 13.5. The molecule has 0 amide bonds. The van der Waals surface area contributed by atoms with Crippen LogP contribution in [-0.2, 0) is 16.1 Å². The van der Waals surface area contributed by atoms with Gasteiger partial charge in [-0.3, -0.25) is 9.48 Å². The van der Waals surface area contributed by atoms with Gasteiger partial charge in [-0.15, -0.1) is 0 Å². The Morgan fingerprint density at radius 3 is 2.68 bits per heavy atom. The summed E-state index contributed by atoms with van der Waals surface area (Å²) in [5, 5.41) is 24.2. The maximum absolute atomic E-state index is 13.5. The molecule has 0 aromatic carbocycles. The Balaban J connectivity index is 1.40. The van der Waals surface area contributed by atoms with Gasteiger partial charge < -0.3 is 9.84 Å². The fraction of sp³-hybridized carbons (Fsp3) is 0.821. The number of rotatable bonds is 5. The summed E-state index contributed by atoms with van der Waals surface area (Å²) >= 11 is 0. The fourth-order valence-electron chi connectivity index (χ4n) is 9.29. The summed E-state index contributed by atoms with van der Waals surface area (Å²) in [5.41, 5.74) is 0.269. The van der Waals surface area contributed by atoms with Crippen LogP contribution in [0.5, 0.6) is 0 Å². The maximum atomic E-state index is 13.5. The van der Waals surface area contributed by atoms with Crippen LogP contribution in [0.3, 0.4) is 0 Å². The number of carbonyl (C=O) groups is 1. The Morgan fingerprint density at radius 2 is 1.97 bits per heavy atom. The lowest BCUT2D eigenvalue weighted by molar-refractivity contribution is -0.175. The Kier molecular flexibility index (Phi) is 5.97. The molecule has 6 nitrogen and oxygen atoms in total. The maximum Gasteiger partial charge on any atom is 0.157 e. The minimum Gasteiger partial charge on any atom is -0.390 e. The van der Waals surface area contributed by atoms with E-state index in [1.165, 1.54) is 12.6 Å². The second kappa shape index (κ2) is 8.45. The van der Waals surface area contributed by atoms with Crippen LogP contribution < -0.4 is 0 Å². The molecule has 6 heteroatoms. The van der Waals surface area contributed by atoms with E-state index in [-0.39, 0.29) is 29.1 Å². The van der Waals surface area contributed by atoms with E-state index in [1.54, 1.807) is 10.9 Å². The zero-order chi connectivity index (χ0) is 24.3. The average molecular weight is 468 g/mol. The van der Waals surface area contributed by atoms with Crippen molar-refractivity contribution in [3.05, 3.63) is 18.0 Å². The Labute approximate surface area is 204 Å². The van der Waals surface area contributed by atoms with Crippen molar-refractivity contribution >= 4 is 5.78 Å². The number of nitriles is 1. The van der Waals surface area contributed by atoms with Gasteiger partial charge in [0.2, 0.25) is 0 Å². The largest absolute Gasteiger partial charge is 0.390 e. The van der Waals surface area contributed by atoms with Gasteiger partial charge in [0.05, 0.1) is 23.9 Å². The highest BCUT2D eigenvalue weighted by Gasteiger charge is 2.63. The highest BCUT2D eigenvalue weighted by Crippen LogP contribution is 2.69. The van der Waals surface area contributed by atoms with Crippen LogP contribution in [0.15, 0.2) is 12.4 Å². The van der Waals surface area contributed by atoms with Crippen LogP contribution >= 0.6 is 0 Å². The molecule has 4 saturated carbocycles.